The fraction of sp³-hybridized carbons (Fsp3) is 0.333. The Morgan fingerprint density at radius 2 is 2.00 bits per heavy atom. The summed E-state index contributed by atoms with van der Waals surface area (Å²) in [6.45, 7) is 2.13. The fourth-order valence-electron chi connectivity index (χ4n) is 1.61. The van der Waals surface area contributed by atoms with Crippen molar-refractivity contribution in [2.24, 2.45) is 0 Å². The Hall–Kier alpha value is -2.30. The number of urea groups is 1. The molecular weight excluding hydrogens is 256 g/mol. The lowest BCUT2D eigenvalue weighted by Gasteiger charge is -2.06. The van der Waals surface area contributed by atoms with Gasteiger partial charge >= 0.3 is 12.0 Å². The Morgan fingerprint density at radius 3 is 2.60 bits per heavy atom. The molecule has 0 heterocycles. The van der Waals surface area contributed by atoms with Crippen molar-refractivity contribution >= 4 is 23.8 Å². The van der Waals surface area contributed by atoms with Crippen molar-refractivity contribution in [3.63, 3.8) is 0 Å². The van der Waals surface area contributed by atoms with Crippen LogP contribution in [0.3, 0.4) is 0 Å². The van der Waals surface area contributed by atoms with Gasteiger partial charge in [0.05, 0.1) is 6.61 Å². The monoisotopic (exact) mass is 274 g/mol. The smallest absolute Gasteiger partial charge is 0.330 e. The Bertz CT molecular complexity index is 504. The summed E-state index contributed by atoms with van der Waals surface area (Å²) in [6.07, 6.45) is 5.17. The normalized spacial score (nSPS) is 14.1. The van der Waals surface area contributed by atoms with Gasteiger partial charge in [0.25, 0.3) is 0 Å². The van der Waals surface area contributed by atoms with Crippen LogP contribution in [0, 0.1) is 0 Å². The first-order chi connectivity index (χ1) is 9.67. The van der Waals surface area contributed by atoms with Gasteiger partial charge < -0.3 is 15.4 Å². The van der Waals surface area contributed by atoms with Crippen molar-refractivity contribution < 1.29 is 14.3 Å². The third kappa shape index (κ3) is 4.76. The molecule has 5 nitrogen and oxygen atoms in total. The highest BCUT2D eigenvalue weighted by Crippen LogP contribution is 2.19. The maximum Gasteiger partial charge on any atom is 0.330 e. The van der Waals surface area contributed by atoms with E-state index < -0.39 is 0 Å². The number of esters is 1. The summed E-state index contributed by atoms with van der Waals surface area (Å²) in [5, 5.41) is 5.61. The number of hydrogen-bond acceptors (Lipinski definition) is 3. The molecule has 20 heavy (non-hydrogen) atoms. The van der Waals surface area contributed by atoms with Crippen LogP contribution in [0.1, 0.15) is 25.3 Å². The molecule has 0 saturated heterocycles. The van der Waals surface area contributed by atoms with E-state index in [2.05, 4.69) is 10.6 Å². The van der Waals surface area contributed by atoms with Crippen molar-refractivity contribution in [3.05, 3.63) is 35.9 Å². The SMILES string of the molecule is CCOC(=O)/C=C/c1ccc(NC(=O)NC2CC2)cc1. The zero-order valence-electron chi connectivity index (χ0n) is 11.4. The number of carbonyl (C=O) groups is 2. The van der Waals surface area contributed by atoms with E-state index in [0.717, 1.165) is 24.1 Å². The molecule has 0 aromatic heterocycles. The highest BCUT2D eigenvalue weighted by Gasteiger charge is 2.22. The van der Waals surface area contributed by atoms with E-state index in [0.29, 0.717) is 12.6 Å². The Kier molecular flexibility index (Phi) is 4.76. The van der Waals surface area contributed by atoms with Crippen LogP contribution in [-0.4, -0.2) is 24.6 Å². The highest BCUT2D eigenvalue weighted by atomic mass is 16.5. The molecule has 5 heteroatoms. The predicted molar refractivity (Wildman–Crippen MR) is 77.3 cm³/mol. The largest absolute Gasteiger partial charge is 0.463 e. The minimum absolute atomic E-state index is 0.178. The van der Waals surface area contributed by atoms with Gasteiger partial charge in [-0.3, -0.25) is 0 Å². The Morgan fingerprint density at radius 1 is 1.30 bits per heavy atom. The lowest BCUT2D eigenvalue weighted by molar-refractivity contribution is -0.137. The van der Waals surface area contributed by atoms with Gasteiger partial charge in [-0.25, -0.2) is 9.59 Å². The van der Waals surface area contributed by atoms with Crippen LogP contribution in [0.5, 0.6) is 0 Å². The molecule has 0 aliphatic heterocycles. The Labute approximate surface area is 118 Å². The van der Waals surface area contributed by atoms with E-state index in [4.69, 9.17) is 4.74 Å². The number of ether oxygens (including phenoxy) is 1. The van der Waals surface area contributed by atoms with Gasteiger partial charge in [0.1, 0.15) is 0 Å². The third-order valence-corrected chi connectivity index (χ3v) is 2.78. The van der Waals surface area contributed by atoms with Crippen molar-refractivity contribution in [1.29, 1.82) is 0 Å². The topological polar surface area (TPSA) is 67.4 Å². The minimum Gasteiger partial charge on any atom is -0.463 e. The van der Waals surface area contributed by atoms with Gasteiger partial charge in [0.15, 0.2) is 0 Å². The van der Waals surface area contributed by atoms with E-state index in [1.807, 2.05) is 12.1 Å². The number of hydrogen-bond donors (Lipinski definition) is 2. The second kappa shape index (κ2) is 6.75. The summed E-state index contributed by atoms with van der Waals surface area (Å²) >= 11 is 0. The number of nitrogens with one attached hydrogen (secondary N) is 2. The lowest BCUT2D eigenvalue weighted by atomic mass is 10.2. The van der Waals surface area contributed by atoms with Crippen molar-refractivity contribution in [1.82, 2.24) is 5.32 Å². The number of benzene rings is 1. The van der Waals surface area contributed by atoms with Gasteiger partial charge in [-0.1, -0.05) is 12.1 Å². The molecule has 1 aliphatic carbocycles. The van der Waals surface area contributed by atoms with Crippen LogP contribution >= 0.6 is 0 Å². The molecule has 0 bridgehead atoms. The minimum atomic E-state index is -0.362. The number of rotatable bonds is 5. The number of amides is 2. The first kappa shape index (κ1) is 14.1. The molecule has 2 amide bonds. The Balaban J connectivity index is 1.85. The lowest BCUT2D eigenvalue weighted by Crippen LogP contribution is -2.30. The second-order valence-electron chi connectivity index (χ2n) is 4.58. The average molecular weight is 274 g/mol. The summed E-state index contributed by atoms with van der Waals surface area (Å²) in [4.78, 5) is 22.7. The van der Waals surface area contributed by atoms with Gasteiger partial charge in [0, 0.05) is 17.8 Å². The molecule has 1 saturated carbocycles. The molecule has 2 N–H and O–H groups in total. The standard InChI is InChI=1S/C15H18N2O3/c1-2-20-14(18)10-5-11-3-6-12(7-4-11)16-15(19)17-13-8-9-13/h3-7,10,13H,2,8-9H2,1H3,(H2,16,17,19)/b10-5+. The molecule has 106 valence electrons. The van der Waals surface area contributed by atoms with Crippen LogP contribution in [0.4, 0.5) is 10.5 Å². The molecule has 1 aromatic rings. The molecule has 1 fully saturated rings. The molecule has 0 radical (unpaired) electrons. The molecule has 0 unspecified atom stereocenters. The predicted octanol–water partition coefficient (Wildman–Crippen LogP) is 2.55. The molecule has 1 aliphatic rings. The van der Waals surface area contributed by atoms with Gasteiger partial charge in [-0.05, 0) is 43.5 Å². The van der Waals surface area contributed by atoms with Crippen LogP contribution in [0.2, 0.25) is 0 Å². The zero-order chi connectivity index (χ0) is 14.4. The van der Waals surface area contributed by atoms with Crippen LogP contribution in [0.25, 0.3) is 6.08 Å². The van der Waals surface area contributed by atoms with E-state index in [9.17, 15) is 9.59 Å². The first-order valence-electron chi connectivity index (χ1n) is 6.70. The van der Waals surface area contributed by atoms with Crippen molar-refractivity contribution in [2.75, 3.05) is 11.9 Å². The summed E-state index contributed by atoms with van der Waals surface area (Å²) in [6, 6.07) is 7.38. The number of anilines is 1. The summed E-state index contributed by atoms with van der Waals surface area (Å²) in [5.74, 6) is -0.362. The van der Waals surface area contributed by atoms with E-state index in [1.54, 1.807) is 25.1 Å². The molecule has 0 atom stereocenters. The maximum atomic E-state index is 11.5. The van der Waals surface area contributed by atoms with Crippen molar-refractivity contribution in [3.8, 4) is 0 Å². The van der Waals surface area contributed by atoms with E-state index in [1.165, 1.54) is 6.08 Å². The van der Waals surface area contributed by atoms with Crippen LogP contribution in [-0.2, 0) is 9.53 Å². The second-order valence-corrected chi connectivity index (χ2v) is 4.58. The molecule has 0 spiro atoms. The van der Waals surface area contributed by atoms with Crippen LogP contribution < -0.4 is 10.6 Å². The number of carbonyl (C=O) groups excluding carboxylic acids is 2. The summed E-state index contributed by atoms with van der Waals surface area (Å²) in [5.41, 5.74) is 1.59. The first-order valence-corrected chi connectivity index (χ1v) is 6.70. The van der Waals surface area contributed by atoms with Gasteiger partial charge in [-0.15, -0.1) is 0 Å². The highest BCUT2D eigenvalue weighted by molar-refractivity contribution is 5.90. The quantitative estimate of drug-likeness (QED) is 0.640. The molecular formula is C15H18N2O3. The van der Waals surface area contributed by atoms with Gasteiger partial charge in [-0.2, -0.15) is 0 Å². The molecule has 2 rings (SSSR count). The van der Waals surface area contributed by atoms with E-state index >= 15 is 0 Å². The van der Waals surface area contributed by atoms with E-state index in [-0.39, 0.29) is 12.0 Å². The van der Waals surface area contributed by atoms with Crippen LogP contribution in [0.15, 0.2) is 30.3 Å². The fourth-order valence-corrected chi connectivity index (χ4v) is 1.61. The summed E-state index contributed by atoms with van der Waals surface area (Å²) < 4.78 is 4.79. The molecule has 1 aromatic carbocycles. The maximum absolute atomic E-state index is 11.5. The van der Waals surface area contributed by atoms with Crippen molar-refractivity contribution in [2.45, 2.75) is 25.8 Å². The zero-order valence-corrected chi connectivity index (χ0v) is 11.4. The van der Waals surface area contributed by atoms with Gasteiger partial charge in [0.2, 0.25) is 0 Å². The third-order valence-electron chi connectivity index (χ3n) is 2.78. The average Bonchev–Trinajstić information content (AvgIpc) is 3.22. The summed E-state index contributed by atoms with van der Waals surface area (Å²) in [7, 11) is 0.